The molecule has 2 amide bonds. The number of aromatic nitrogens is 2. The molecule has 1 aromatic carbocycles. The van der Waals surface area contributed by atoms with E-state index >= 15 is 0 Å². The Morgan fingerprint density at radius 1 is 1.28 bits per heavy atom. The van der Waals surface area contributed by atoms with Crippen LogP contribution in [0.25, 0.3) is 11.0 Å². The van der Waals surface area contributed by atoms with Crippen LogP contribution in [-0.2, 0) is 9.53 Å². The molecule has 2 aromatic rings. The number of carbonyl (C=O) groups is 2. The van der Waals surface area contributed by atoms with E-state index in [-0.39, 0.29) is 12.0 Å². The number of hydrogen-bond acceptors (Lipinski definition) is 5. The number of nitrogens with one attached hydrogen (secondary N) is 1. The first-order chi connectivity index (χ1) is 12.1. The molecule has 1 aliphatic heterocycles. The second-order valence-corrected chi connectivity index (χ2v) is 6.96. The van der Waals surface area contributed by atoms with Gasteiger partial charge in [0.1, 0.15) is 0 Å². The van der Waals surface area contributed by atoms with Gasteiger partial charge < -0.3 is 19.5 Å². The number of carbonyl (C=O) groups excluding carboxylic acids is 2. The van der Waals surface area contributed by atoms with Gasteiger partial charge in [0, 0.05) is 31.2 Å². The number of benzene rings is 1. The highest BCUT2D eigenvalue weighted by atomic mass is 35.5. The van der Waals surface area contributed by atoms with Crippen molar-refractivity contribution >= 4 is 46.4 Å². The molecule has 0 bridgehead atoms. The van der Waals surface area contributed by atoms with E-state index in [9.17, 15) is 9.59 Å². The highest BCUT2D eigenvalue weighted by Crippen LogP contribution is 2.22. The monoisotopic (exact) mass is 382 g/mol. The summed E-state index contributed by atoms with van der Waals surface area (Å²) in [5.41, 5.74) is 1.67. The number of aromatic amines is 1. The van der Waals surface area contributed by atoms with Gasteiger partial charge in [-0.15, -0.1) is 0 Å². The van der Waals surface area contributed by atoms with Gasteiger partial charge in [-0.25, -0.2) is 9.78 Å². The van der Waals surface area contributed by atoms with E-state index < -0.39 is 0 Å². The van der Waals surface area contributed by atoms with E-state index in [0.717, 1.165) is 11.0 Å². The summed E-state index contributed by atoms with van der Waals surface area (Å²) >= 11 is 7.32. The third-order valence-electron chi connectivity index (χ3n) is 3.91. The normalized spacial score (nSPS) is 14.8. The molecule has 2 heterocycles. The van der Waals surface area contributed by atoms with Gasteiger partial charge in [-0.05, 0) is 25.1 Å². The van der Waals surface area contributed by atoms with E-state index in [1.165, 1.54) is 11.8 Å². The molecule has 1 N–H and O–H groups in total. The van der Waals surface area contributed by atoms with Crippen LogP contribution in [0, 0.1) is 0 Å². The summed E-state index contributed by atoms with van der Waals surface area (Å²) in [5.74, 6) is 0.333. The third-order valence-corrected chi connectivity index (χ3v) is 5.01. The molecule has 0 radical (unpaired) electrons. The minimum atomic E-state index is -0.315. The zero-order chi connectivity index (χ0) is 17.8. The summed E-state index contributed by atoms with van der Waals surface area (Å²) < 4.78 is 4.98. The van der Waals surface area contributed by atoms with E-state index in [4.69, 9.17) is 16.3 Å². The van der Waals surface area contributed by atoms with Crippen LogP contribution >= 0.6 is 23.4 Å². The number of ether oxygens (including phenoxy) is 1. The summed E-state index contributed by atoms with van der Waals surface area (Å²) in [6, 6.07) is 5.44. The molecule has 1 fully saturated rings. The first-order valence-electron chi connectivity index (χ1n) is 8.04. The molecule has 0 atom stereocenters. The molecule has 0 unspecified atom stereocenters. The van der Waals surface area contributed by atoms with Crippen LogP contribution in [0.2, 0.25) is 5.02 Å². The van der Waals surface area contributed by atoms with Gasteiger partial charge in [-0.1, -0.05) is 23.4 Å². The van der Waals surface area contributed by atoms with Gasteiger partial charge in [0.15, 0.2) is 5.16 Å². The van der Waals surface area contributed by atoms with Gasteiger partial charge in [0.25, 0.3) is 0 Å². The zero-order valence-electron chi connectivity index (χ0n) is 13.8. The van der Waals surface area contributed by atoms with Gasteiger partial charge in [-0.2, -0.15) is 0 Å². The van der Waals surface area contributed by atoms with Crippen molar-refractivity contribution in [2.45, 2.75) is 12.1 Å². The van der Waals surface area contributed by atoms with Crippen LogP contribution in [0.15, 0.2) is 23.4 Å². The summed E-state index contributed by atoms with van der Waals surface area (Å²) in [7, 11) is 0. The Kier molecular flexibility index (Phi) is 5.70. The molecule has 7 nitrogen and oxygen atoms in total. The van der Waals surface area contributed by atoms with Crippen molar-refractivity contribution in [3.8, 4) is 0 Å². The maximum Gasteiger partial charge on any atom is 0.409 e. The standard InChI is InChI=1S/C16H19ClN4O3S/c1-2-24-16(23)21-7-5-20(6-8-21)14(22)10-25-15-18-12-4-3-11(17)9-13(12)19-15/h3-4,9H,2,5-8,10H2,1H3,(H,18,19). The largest absolute Gasteiger partial charge is 0.450 e. The molecule has 9 heteroatoms. The molecule has 0 spiro atoms. The first kappa shape index (κ1) is 17.9. The van der Waals surface area contributed by atoms with Crippen LogP contribution in [0.1, 0.15) is 6.92 Å². The first-order valence-corrected chi connectivity index (χ1v) is 9.40. The SMILES string of the molecule is CCOC(=O)N1CCN(C(=O)CSc2nc3ccc(Cl)cc3[nH]2)CC1. The highest BCUT2D eigenvalue weighted by molar-refractivity contribution is 7.99. The smallest absolute Gasteiger partial charge is 0.409 e. The molecule has 0 saturated carbocycles. The lowest BCUT2D eigenvalue weighted by molar-refractivity contribution is -0.129. The zero-order valence-corrected chi connectivity index (χ0v) is 15.4. The predicted octanol–water partition coefficient (Wildman–Crippen LogP) is 2.61. The molecule has 25 heavy (non-hydrogen) atoms. The average molecular weight is 383 g/mol. The molecule has 1 saturated heterocycles. The van der Waals surface area contributed by atoms with E-state index in [2.05, 4.69) is 9.97 Å². The molecule has 0 aliphatic carbocycles. The lowest BCUT2D eigenvalue weighted by Gasteiger charge is -2.33. The second kappa shape index (κ2) is 7.97. The van der Waals surface area contributed by atoms with Crippen LogP contribution in [0.5, 0.6) is 0 Å². The van der Waals surface area contributed by atoms with Crippen molar-refractivity contribution in [2.75, 3.05) is 38.5 Å². The number of halogens is 1. The van der Waals surface area contributed by atoms with Crippen molar-refractivity contribution in [2.24, 2.45) is 0 Å². The third kappa shape index (κ3) is 4.38. The summed E-state index contributed by atoms with van der Waals surface area (Å²) in [4.78, 5) is 35.0. The Morgan fingerprint density at radius 2 is 2.00 bits per heavy atom. The Hall–Kier alpha value is -1.93. The Labute approximate surface area is 154 Å². The number of rotatable bonds is 4. The average Bonchev–Trinajstić information content (AvgIpc) is 3.02. The molecular weight excluding hydrogens is 364 g/mol. The topological polar surface area (TPSA) is 78.5 Å². The molecule has 134 valence electrons. The number of imidazole rings is 1. The van der Waals surface area contributed by atoms with Crippen LogP contribution in [0.4, 0.5) is 4.79 Å². The quantitative estimate of drug-likeness (QED) is 0.822. The molecular formula is C16H19ClN4O3S. The molecule has 3 rings (SSSR count). The lowest BCUT2D eigenvalue weighted by Crippen LogP contribution is -2.51. The van der Waals surface area contributed by atoms with Crippen molar-refractivity contribution in [3.63, 3.8) is 0 Å². The lowest BCUT2D eigenvalue weighted by atomic mass is 10.3. The minimum absolute atomic E-state index is 0.0343. The van der Waals surface area contributed by atoms with E-state index in [1.54, 1.807) is 22.8 Å². The number of piperazine rings is 1. The Balaban J connectivity index is 1.50. The van der Waals surface area contributed by atoms with Gasteiger partial charge in [0.2, 0.25) is 5.91 Å². The molecule has 1 aliphatic rings. The summed E-state index contributed by atoms with van der Waals surface area (Å²) in [6.07, 6.45) is -0.315. The Bertz CT molecular complexity index is 774. The number of fused-ring (bicyclic) bond motifs is 1. The predicted molar refractivity (Wildman–Crippen MR) is 97.0 cm³/mol. The van der Waals surface area contributed by atoms with Gasteiger partial charge >= 0.3 is 6.09 Å². The maximum absolute atomic E-state index is 12.4. The second-order valence-electron chi connectivity index (χ2n) is 5.56. The van der Waals surface area contributed by atoms with E-state index in [0.29, 0.717) is 48.7 Å². The van der Waals surface area contributed by atoms with Crippen LogP contribution in [-0.4, -0.2) is 70.3 Å². The van der Waals surface area contributed by atoms with Crippen LogP contribution in [0.3, 0.4) is 0 Å². The fraction of sp³-hybridized carbons (Fsp3) is 0.438. The number of hydrogen-bond donors (Lipinski definition) is 1. The number of amides is 2. The van der Waals surface area contributed by atoms with Crippen molar-refractivity contribution in [3.05, 3.63) is 23.2 Å². The van der Waals surface area contributed by atoms with Crippen molar-refractivity contribution < 1.29 is 14.3 Å². The molecule has 1 aromatic heterocycles. The summed E-state index contributed by atoms with van der Waals surface area (Å²) in [6.45, 7) is 4.18. The van der Waals surface area contributed by atoms with Crippen molar-refractivity contribution in [1.29, 1.82) is 0 Å². The van der Waals surface area contributed by atoms with Crippen LogP contribution < -0.4 is 0 Å². The summed E-state index contributed by atoms with van der Waals surface area (Å²) in [5, 5.41) is 1.33. The fourth-order valence-corrected chi connectivity index (χ4v) is 3.56. The Morgan fingerprint density at radius 3 is 2.72 bits per heavy atom. The maximum atomic E-state index is 12.4. The number of nitrogens with zero attached hydrogens (tertiary/aromatic N) is 3. The number of thioether (sulfide) groups is 1. The highest BCUT2D eigenvalue weighted by Gasteiger charge is 2.24. The van der Waals surface area contributed by atoms with Crippen molar-refractivity contribution in [1.82, 2.24) is 19.8 Å². The van der Waals surface area contributed by atoms with Gasteiger partial charge in [-0.3, -0.25) is 4.79 Å². The fourth-order valence-electron chi connectivity index (χ4n) is 2.60. The minimum Gasteiger partial charge on any atom is -0.450 e. The van der Waals surface area contributed by atoms with Gasteiger partial charge in [0.05, 0.1) is 23.4 Å². The van der Waals surface area contributed by atoms with E-state index in [1.807, 2.05) is 12.1 Å². The number of H-pyrrole nitrogens is 1.